The average molecular weight is 307 g/mol. The predicted molar refractivity (Wildman–Crippen MR) is 93.1 cm³/mol. The number of Topliss-reactive ketones (excluding diaryl/α,β-unsaturated/α-hetero) is 1. The molecule has 2 aromatic carbocycles. The molecule has 0 saturated carbocycles. The molecule has 2 aromatic rings. The van der Waals surface area contributed by atoms with Crippen molar-refractivity contribution in [2.24, 2.45) is 0 Å². The van der Waals surface area contributed by atoms with Gasteiger partial charge in [0.15, 0.2) is 0 Å². The number of carbonyl (C=O) groups excluding carboxylic acids is 1. The van der Waals surface area contributed by atoms with Crippen LogP contribution in [0, 0.1) is 0 Å². The van der Waals surface area contributed by atoms with Crippen molar-refractivity contribution in [3.63, 3.8) is 0 Å². The number of hydrogen-bond donors (Lipinski definition) is 1. The van der Waals surface area contributed by atoms with E-state index in [4.69, 9.17) is 0 Å². The first-order chi connectivity index (χ1) is 11.1. The van der Waals surface area contributed by atoms with Crippen LogP contribution in [0.15, 0.2) is 86.0 Å². The van der Waals surface area contributed by atoms with Crippen molar-refractivity contribution in [2.45, 2.75) is 5.72 Å². The Labute approximate surface area is 137 Å². The third kappa shape index (κ3) is 3.47. The van der Waals surface area contributed by atoms with Gasteiger partial charge in [0.1, 0.15) is 0 Å². The molecule has 3 nitrogen and oxygen atoms in total. The zero-order valence-corrected chi connectivity index (χ0v) is 13.1. The summed E-state index contributed by atoms with van der Waals surface area (Å²) in [5.74, 6) is -0.368. The van der Waals surface area contributed by atoms with Crippen LogP contribution in [0.25, 0.3) is 0 Å². The first-order valence-corrected chi connectivity index (χ1v) is 7.49. The van der Waals surface area contributed by atoms with E-state index < -0.39 is 5.72 Å². The minimum atomic E-state index is -1.77. The molecule has 0 aliphatic heterocycles. The lowest BCUT2D eigenvalue weighted by Gasteiger charge is -2.37. The van der Waals surface area contributed by atoms with E-state index in [1.54, 1.807) is 65.6 Å². The lowest BCUT2D eigenvalue weighted by Crippen LogP contribution is -2.52. The van der Waals surface area contributed by atoms with E-state index in [2.05, 4.69) is 13.2 Å². The van der Waals surface area contributed by atoms with Gasteiger partial charge < -0.3 is 5.11 Å². The Hall–Kier alpha value is -2.49. The van der Waals surface area contributed by atoms with Crippen LogP contribution in [-0.4, -0.2) is 28.9 Å². The quantitative estimate of drug-likeness (QED) is 0.462. The highest BCUT2D eigenvalue weighted by molar-refractivity contribution is 6.02. The van der Waals surface area contributed by atoms with Crippen molar-refractivity contribution in [1.29, 1.82) is 0 Å². The summed E-state index contributed by atoms with van der Waals surface area (Å²) in [6, 6.07) is 17.8. The molecule has 1 atom stereocenters. The molecule has 0 aliphatic rings. The fraction of sp³-hybridized carbons (Fsp3) is 0.150. The molecule has 0 fully saturated rings. The van der Waals surface area contributed by atoms with E-state index in [1.807, 2.05) is 12.1 Å². The van der Waals surface area contributed by atoms with Crippen molar-refractivity contribution in [1.82, 2.24) is 4.90 Å². The van der Waals surface area contributed by atoms with Crippen LogP contribution in [0.3, 0.4) is 0 Å². The SMILES string of the molecule is C=CCN(CC=C)C(O)(C(=O)c1ccccc1)c1ccccc1. The summed E-state index contributed by atoms with van der Waals surface area (Å²) in [4.78, 5) is 14.7. The Morgan fingerprint density at radius 1 is 0.957 bits per heavy atom. The molecule has 0 radical (unpaired) electrons. The van der Waals surface area contributed by atoms with Crippen LogP contribution in [-0.2, 0) is 5.72 Å². The molecular formula is C20H21NO2. The van der Waals surface area contributed by atoms with Gasteiger partial charge in [0.2, 0.25) is 11.5 Å². The van der Waals surface area contributed by atoms with E-state index in [9.17, 15) is 9.90 Å². The summed E-state index contributed by atoms with van der Waals surface area (Å²) in [6.07, 6.45) is 3.32. The Kier molecular flexibility index (Phi) is 5.63. The lowest BCUT2D eigenvalue weighted by molar-refractivity contribution is -0.0718. The Morgan fingerprint density at radius 2 is 1.43 bits per heavy atom. The summed E-state index contributed by atoms with van der Waals surface area (Å²) < 4.78 is 0. The van der Waals surface area contributed by atoms with Crippen molar-refractivity contribution in [3.8, 4) is 0 Å². The first-order valence-electron chi connectivity index (χ1n) is 7.49. The largest absolute Gasteiger partial charge is 0.365 e. The molecule has 0 bridgehead atoms. The average Bonchev–Trinajstić information content (AvgIpc) is 2.61. The zero-order valence-electron chi connectivity index (χ0n) is 13.1. The van der Waals surface area contributed by atoms with Crippen LogP contribution in [0.4, 0.5) is 0 Å². The van der Waals surface area contributed by atoms with Gasteiger partial charge in [-0.05, 0) is 0 Å². The number of benzene rings is 2. The molecule has 1 unspecified atom stereocenters. The maximum absolute atomic E-state index is 13.1. The Balaban J connectivity index is 2.56. The van der Waals surface area contributed by atoms with E-state index in [1.165, 1.54) is 0 Å². The number of aliphatic hydroxyl groups is 1. The second-order valence-electron chi connectivity index (χ2n) is 5.22. The predicted octanol–water partition coefficient (Wildman–Crippen LogP) is 3.39. The van der Waals surface area contributed by atoms with Gasteiger partial charge in [-0.25, -0.2) is 0 Å². The highest BCUT2D eigenvalue weighted by Gasteiger charge is 2.43. The Morgan fingerprint density at radius 3 is 1.91 bits per heavy atom. The van der Waals surface area contributed by atoms with Gasteiger partial charge in [-0.2, -0.15) is 0 Å². The molecule has 118 valence electrons. The molecule has 0 aliphatic carbocycles. The molecule has 3 heteroatoms. The van der Waals surface area contributed by atoms with Crippen molar-refractivity contribution in [3.05, 3.63) is 97.1 Å². The molecule has 0 amide bonds. The molecule has 0 spiro atoms. The van der Waals surface area contributed by atoms with E-state index in [0.717, 1.165) is 0 Å². The standard InChI is InChI=1S/C20H21NO2/c1-3-15-21(16-4-2)20(23,18-13-9-6-10-14-18)19(22)17-11-7-5-8-12-17/h3-14,23H,1-2,15-16H2. The van der Waals surface area contributed by atoms with Gasteiger partial charge >= 0.3 is 0 Å². The summed E-state index contributed by atoms with van der Waals surface area (Å²) >= 11 is 0. The highest BCUT2D eigenvalue weighted by Crippen LogP contribution is 2.30. The van der Waals surface area contributed by atoms with Gasteiger partial charge in [-0.3, -0.25) is 9.69 Å². The van der Waals surface area contributed by atoms with Gasteiger partial charge in [-0.15, -0.1) is 13.2 Å². The fourth-order valence-electron chi connectivity index (χ4n) is 2.57. The third-order valence-electron chi connectivity index (χ3n) is 3.69. The van der Waals surface area contributed by atoms with Crippen molar-refractivity contribution in [2.75, 3.05) is 13.1 Å². The molecule has 0 heterocycles. The van der Waals surface area contributed by atoms with Crippen molar-refractivity contribution >= 4 is 5.78 Å². The molecular weight excluding hydrogens is 286 g/mol. The van der Waals surface area contributed by atoms with Crippen molar-refractivity contribution < 1.29 is 9.90 Å². The number of carbonyl (C=O) groups is 1. The maximum atomic E-state index is 13.1. The number of rotatable bonds is 8. The third-order valence-corrected chi connectivity index (χ3v) is 3.69. The molecule has 0 aromatic heterocycles. The number of nitrogens with zero attached hydrogens (tertiary/aromatic N) is 1. The van der Waals surface area contributed by atoms with E-state index in [0.29, 0.717) is 24.2 Å². The van der Waals surface area contributed by atoms with Gasteiger partial charge in [-0.1, -0.05) is 72.8 Å². The van der Waals surface area contributed by atoms with Gasteiger partial charge in [0.05, 0.1) is 0 Å². The normalized spacial score (nSPS) is 13.3. The Bertz CT molecular complexity index is 657. The zero-order chi connectivity index (χ0) is 16.7. The smallest absolute Gasteiger partial charge is 0.214 e. The minimum absolute atomic E-state index is 0.357. The van der Waals surface area contributed by atoms with Crippen LogP contribution in [0.5, 0.6) is 0 Å². The van der Waals surface area contributed by atoms with E-state index in [-0.39, 0.29) is 5.78 Å². The van der Waals surface area contributed by atoms with Crippen LogP contribution in [0.1, 0.15) is 15.9 Å². The minimum Gasteiger partial charge on any atom is -0.365 e. The van der Waals surface area contributed by atoms with Crippen LogP contribution < -0.4 is 0 Å². The molecule has 0 saturated heterocycles. The topological polar surface area (TPSA) is 40.5 Å². The lowest BCUT2D eigenvalue weighted by atomic mass is 9.91. The fourth-order valence-corrected chi connectivity index (χ4v) is 2.57. The first kappa shape index (κ1) is 16.9. The molecule has 23 heavy (non-hydrogen) atoms. The summed E-state index contributed by atoms with van der Waals surface area (Å²) in [6.45, 7) is 8.16. The highest BCUT2D eigenvalue weighted by atomic mass is 16.3. The van der Waals surface area contributed by atoms with E-state index >= 15 is 0 Å². The van der Waals surface area contributed by atoms with Gasteiger partial charge in [0.25, 0.3) is 0 Å². The molecule has 1 N–H and O–H groups in total. The second-order valence-corrected chi connectivity index (χ2v) is 5.22. The summed E-state index contributed by atoms with van der Waals surface area (Å²) in [7, 11) is 0. The number of ketones is 1. The number of hydrogen-bond acceptors (Lipinski definition) is 3. The summed E-state index contributed by atoms with van der Waals surface area (Å²) in [5, 5.41) is 11.4. The maximum Gasteiger partial charge on any atom is 0.214 e. The second kappa shape index (κ2) is 7.68. The summed E-state index contributed by atoms with van der Waals surface area (Å²) in [5.41, 5.74) is -0.792. The van der Waals surface area contributed by atoms with Gasteiger partial charge in [0, 0.05) is 24.2 Å². The molecule has 2 rings (SSSR count). The monoisotopic (exact) mass is 307 g/mol. The van der Waals surface area contributed by atoms with Crippen LogP contribution in [0.2, 0.25) is 0 Å². The van der Waals surface area contributed by atoms with Crippen LogP contribution >= 0.6 is 0 Å².